The highest BCUT2D eigenvalue weighted by Gasteiger charge is 2.22. The first-order valence-corrected chi connectivity index (χ1v) is 8.09. The van der Waals surface area contributed by atoms with E-state index in [1.807, 2.05) is 43.3 Å². The predicted molar refractivity (Wildman–Crippen MR) is 96.4 cm³/mol. The van der Waals surface area contributed by atoms with E-state index in [4.69, 9.17) is 10.5 Å². The molecule has 2 N–H and O–H groups in total. The third kappa shape index (κ3) is 3.59. The van der Waals surface area contributed by atoms with Gasteiger partial charge in [0, 0.05) is 11.4 Å². The minimum Gasteiger partial charge on any atom is -0.489 e. The summed E-state index contributed by atoms with van der Waals surface area (Å²) in [5.41, 5.74) is 8.30. The van der Waals surface area contributed by atoms with Gasteiger partial charge in [-0.2, -0.15) is 0 Å². The number of hydrogen-bond acceptors (Lipinski definition) is 5. The number of pyridine rings is 1. The van der Waals surface area contributed by atoms with Crippen LogP contribution in [0.1, 0.15) is 30.5 Å². The zero-order chi connectivity index (χ0) is 17.8. The molecule has 0 bridgehead atoms. The molecule has 3 aromatic rings. The van der Waals surface area contributed by atoms with E-state index in [0.717, 1.165) is 5.56 Å². The molecule has 1 heterocycles. The number of nitrogens with two attached hydrogens (primary N) is 1. The number of nitrogens with zero attached hydrogens (tertiary/aromatic N) is 2. The van der Waals surface area contributed by atoms with Crippen molar-refractivity contribution in [3.63, 3.8) is 0 Å². The first-order valence-electron chi connectivity index (χ1n) is 8.09. The molecule has 0 spiro atoms. The van der Waals surface area contributed by atoms with Crippen molar-refractivity contribution in [2.75, 3.05) is 0 Å². The van der Waals surface area contributed by atoms with Gasteiger partial charge in [-0.25, -0.2) is 4.98 Å². The minimum absolute atomic E-state index is 0.0536. The summed E-state index contributed by atoms with van der Waals surface area (Å²) >= 11 is 0. The molecule has 0 saturated carbocycles. The van der Waals surface area contributed by atoms with Crippen molar-refractivity contribution in [2.24, 2.45) is 5.73 Å². The second-order valence-electron chi connectivity index (χ2n) is 5.78. The molecule has 128 valence electrons. The molecule has 1 unspecified atom stereocenters. The third-order valence-electron chi connectivity index (χ3n) is 4.12. The molecule has 2 aromatic carbocycles. The summed E-state index contributed by atoms with van der Waals surface area (Å²) in [4.78, 5) is 15.1. The topological polar surface area (TPSA) is 91.3 Å². The zero-order valence-corrected chi connectivity index (χ0v) is 13.9. The maximum atomic E-state index is 11.4. The molecular weight excluding hydrogens is 318 g/mol. The van der Waals surface area contributed by atoms with Crippen LogP contribution in [0.25, 0.3) is 10.9 Å². The number of hydrogen-bond donors (Lipinski definition) is 1. The van der Waals surface area contributed by atoms with E-state index in [1.54, 1.807) is 12.1 Å². The molecule has 0 radical (unpaired) electrons. The molecule has 0 saturated heterocycles. The second kappa shape index (κ2) is 7.27. The van der Waals surface area contributed by atoms with Crippen LogP contribution < -0.4 is 10.5 Å². The zero-order valence-electron chi connectivity index (χ0n) is 13.9. The van der Waals surface area contributed by atoms with Crippen LogP contribution in [0, 0.1) is 10.1 Å². The predicted octanol–water partition coefficient (Wildman–Crippen LogP) is 4.13. The molecule has 3 rings (SSSR count). The van der Waals surface area contributed by atoms with Crippen LogP contribution in [-0.2, 0) is 6.61 Å². The van der Waals surface area contributed by atoms with E-state index in [2.05, 4.69) is 4.98 Å². The Kier molecular flexibility index (Phi) is 4.90. The Morgan fingerprint density at radius 2 is 2.00 bits per heavy atom. The molecule has 25 heavy (non-hydrogen) atoms. The Morgan fingerprint density at radius 1 is 1.24 bits per heavy atom. The van der Waals surface area contributed by atoms with Gasteiger partial charge in [0.05, 0.1) is 16.0 Å². The summed E-state index contributed by atoms with van der Waals surface area (Å²) in [6, 6.07) is 14.8. The summed E-state index contributed by atoms with van der Waals surface area (Å²) in [6.45, 7) is 2.32. The Labute approximate surface area is 145 Å². The van der Waals surface area contributed by atoms with Gasteiger partial charge < -0.3 is 10.5 Å². The Morgan fingerprint density at radius 3 is 2.68 bits per heavy atom. The molecule has 6 nitrogen and oxygen atoms in total. The SMILES string of the molecule is CCC(N)c1c([N+](=O)[O-])cnc2ccc(OCc3ccccc3)cc12. The number of fused-ring (bicyclic) bond motifs is 1. The van der Waals surface area contributed by atoms with Crippen LogP contribution >= 0.6 is 0 Å². The van der Waals surface area contributed by atoms with Gasteiger partial charge in [-0.05, 0) is 30.2 Å². The van der Waals surface area contributed by atoms with Gasteiger partial charge in [-0.15, -0.1) is 0 Å². The van der Waals surface area contributed by atoms with Crippen molar-refractivity contribution in [3.05, 3.63) is 76.0 Å². The van der Waals surface area contributed by atoms with E-state index in [-0.39, 0.29) is 5.69 Å². The molecule has 0 fully saturated rings. The first kappa shape index (κ1) is 16.9. The number of benzene rings is 2. The fourth-order valence-electron chi connectivity index (χ4n) is 2.75. The van der Waals surface area contributed by atoms with Crippen molar-refractivity contribution in [1.82, 2.24) is 4.98 Å². The van der Waals surface area contributed by atoms with Crippen LogP contribution in [-0.4, -0.2) is 9.91 Å². The van der Waals surface area contributed by atoms with Crippen molar-refractivity contribution < 1.29 is 9.66 Å². The van der Waals surface area contributed by atoms with Gasteiger partial charge in [0.15, 0.2) is 0 Å². The Hall–Kier alpha value is -2.99. The lowest BCUT2D eigenvalue weighted by molar-refractivity contribution is -0.385. The molecular formula is C19H19N3O3. The number of rotatable bonds is 6. The van der Waals surface area contributed by atoms with E-state index >= 15 is 0 Å². The summed E-state index contributed by atoms with van der Waals surface area (Å²) in [5.74, 6) is 0.628. The van der Waals surface area contributed by atoms with Crippen molar-refractivity contribution >= 4 is 16.6 Å². The van der Waals surface area contributed by atoms with Gasteiger partial charge in [0.1, 0.15) is 18.6 Å². The number of ether oxygens (including phenoxy) is 1. The maximum Gasteiger partial charge on any atom is 0.292 e. The van der Waals surface area contributed by atoms with Crippen molar-refractivity contribution in [1.29, 1.82) is 0 Å². The highest BCUT2D eigenvalue weighted by Crippen LogP contribution is 2.33. The van der Waals surface area contributed by atoms with Crippen LogP contribution in [0.3, 0.4) is 0 Å². The van der Waals surface area contributed by atoms with Gasteiger partial charge in [0.2, 0.25) is 0 Å². The fraction of sp³-hybridized carbons (Fsp3) is 0.211. The lowest BCUT2D eigenvalue weighted by atomic mass is 9.99. The summed E-state index contributed by atoms with van der Waals surface area (Å²) in [6.07, 6.45) is 1.87. The highest BCUT2D eigenvalue weighted by molar-refractivity contribution is 5.87. The molecule has 1 aromatic heterocycles. The minimum atomic E-state index is -0.436. The van der Waals surface area contributed by atoms with E-state index in [0.29, 0.717) is 35.2 Å². The van der Waals surface area contributed by atoms with Crippen LogP contribution in [0.5, 0.6) is 5.75 Å². The normalized spacial score (nSPS) is 12.1. The first-order chi connectivity index (χ1) is 12.1. The highest BCUT2D eigenvalue weighted by atomic mass is 16.6. The summed E-state index contributed by atoms with van der Waals surface area (Å²) in [7, 11) is 0. The largest absolute Gasteiger partial charge is 0.489 e. The van der Waals surface area contributed by atoms with Crippen LogP contribution in [0.15, 0.2) is 54.7 Å². The van der Waals surface area contributed by atoms with Gasteiger partial charge in [-0.3, -0.25) is 10.1 Å². The molecule has 6 heteroatoms. The van der Waals surface area contributed by atoms with E-state index in [1.165, 1.54) is 6.20 Å². The average molecular weight is 337 g/mol. The van der Waals surface area contributed by atoms with Crippen molar-refractivity contribution in [2.45, 2.75) is 26.0 Å². The number of nitro groups is 1. The van der Waals surface area contributed by atoms with Gasteiger partial charge in [0.25, 0.3) is 5.69 Å². The molecule has 0 aliphatic carbocycles. The lowest BCUT2D eigenvalue weighted by Gasteiger charge is -2.14. The molecule has 0 aliphatic rings. The summed E-state index contributed by atoms with van der Waals surface area (Å²) in [5, 5.41) is 12.0. The van der Waals surface area contributed by atoms with Gasteiger partial charge in [-0.1, -0.05) is 37.3 Å². The quantitative estimate of drug-likeness (QED) is 0.539. The summed E-state index contributed by atoms with van der Waals surface area (Å²) < 4.78 is 5.83. The monoisotopic (exact) mass is 337 g/mol. The number of aromatic nitrogens is 1. The van der Waals surface area contributed by atoms with Crippen LogP contribution in [0.2, 0.25) is 0 Å². The second-order valence-corrected chi connectivity index (χ2v) is 5.78. The third-order valence-corrected chi connectivity index (χ3v) is 4.12. The maximum absolute atomic E-state index is 11.4. The lowest BCUT2D eigenvalue weighted by Crippen LogP contribution is -2.12. The Balaban J connectivity index is 2.01. The van der Waals surface area contributed by atoms with E-state index in [9.17, 15) is 10.1 Å². The molecule has 0 aliphatic heterocycles. The average Bonchev–Trinajstić information content (AvgIpc) is 2.65. The molecule has 1 atom stereocenters. The Bertz CT molecular complexity index is 897. The van der Waals surface area contributed by atoms with Gasteiger partial charge >= 0.3 is 0 Å². The standard InChI is InChI=1S/C19H19N3O3/c1-2-16(20)19-15-10-14(25-12-13-6-4-3-5-7-13)8-9-17(15)21-11-18(19)22(23)24/h3-11,16H,2,12,20H2,1H3. The van der Waals surface area contributed by atoms with Crippen molar-refractivity contribution in [3.8, 4) is 5.75 Å². The smallest absolute Gasteiger partial charge is 0.292 e. The molecule has 0 amide bonds. The van der Waals surface area contributed by atoms with Crippen LogP contribution in [0.4, 0.5) is 5.69 Å². The van der Waals surface area contributed by atoms with E-state index < -0.39 is 11.0 Å². The fourth-order valence-corrected chi connectivity index (χ4v) is 2.75.